The number of methoxy groups -OCH3 is 1. The molecular formula is C24H27ClN6O3. The highest BCUT2D eigenvalue weighted by atomic mass is 35.5. The molecule has 34 heavy (non-hydrogen) atoms. The number of halogens is 1. The summed E-state index contributed by atoms with van der Waals surface area (Å²) in [4.78, 5) is 12.6. The van der Waals surface area contributed by atoms with Gasteiger partial charge in [-0.2, -0.15) is 15.0 Å². The van der Waals surface area contributed by atoms with Gasteiger partial charge in [0.05, 0.1) is 20.3 Å². The number of anilines is 1. The Morgan fingerprint density at radius 2 is 1.74 bits per heavy atom. The molecule has 0 aliphatic rings. The summed E-state index contributed by atoms with van der Waals surface area (Å²) in [6.45, 7) is 3.93. The predicted molar refractivity (Wildman–Crippen MR) is 131 cm³/mol. The van der Waals surface area contributed by atoms with Gasteiger partial charge in [0.1, 0.15) is 5.75 Å². The summed E-state index contributed by atoms with van der Waals surface area (Å²) in [7, 11) is 1.62. The molecule has 2 aromatic heterocycles. The first-order chi connectivity index (χ1) is 16.5. The number of ether oxygens (including phenoxy) is 2. The summed E-state index contributed by atoms with van der Waals surface area (Å²) in [6, 6.07) is 14.1. The van der Waals surface area contributed by atoms with Crippen molar-refractivity contribution in [3.05, 3.63) is 64.7 Å². The van der Waals surface area contributed by atoms with Gasteiger partial charge in [0.15, 0.2) is 17.0 Å². The van der Waals surface area contributed by atoms with E-state index in [1.54, 1.807) is 11.7 Å². The molecule has 4 aromatic rings. The predicted octanol–water partition coefficient (Wildman–Crippen LogP) is 3.60. The van der Waals surface area contributed by atoms with Crippen molar-refractivity contribution in [3.8, 4) is 17.8 Å². The first-order valence-corrected chi connectivity index (χ1v) is 11.4. The van der Waals surface area contributed by atoms with E-state index in [4.69, 9.17) is 26.8 Å². The average molecular weight is 483 g/mol. The Hall–Kier alpha value is -3.56. The van der Waals surface area contributed by atoms with Crippen molar-refractivity contribution in [1.82, 2.24) is 24.8 Å². The second-order valence-electron chi connectivity index (χ2n) is 7.69. The Labute approximate surface area is 202 Å². The van der Waals surface area contributed by atoms with Crippen LogP contribution in [0.1, 0.15) is 29.2 Å². The second kappa shape index (κ2) is 10.6. The molecule has 4 rings (SSSR count). The zero-order valence-electron chi connectivity index (χ0n) is 19.1. The minimum absolute atomic E-state index is 0.138. The van der Waals surface area contributed by atoms with Crippen LogP contribution in [-0.4, -0.2) is 38.3 Å². The van der Waals surface area contributed by atoms with Gasteiger partial charge in [-0.05, 0) is 29.7 Å². The number of aromatic hydroxyl groups is 1. The maximum absolute atomic E-state index is 10.4. The number of nitrogen functional groups attached to an aromatic ring is 1. The fraction of sp³-hybridized carbons (Fsp3) is 0.292. The zero-order valence-corrected chi connectivity index (χ0v) is 19.8. The van der Waals surface area contributed by atoms with E-state index >= 15 is 0 Å². The van der Waals surface area contributed by atoms with E-state index < -0.39 is 0 Å². The molecule has 0 amide bonds. The third kappa shape index (κ3) is 5.16. The van der Waals surface area contributed by atoms with Crippen LogP contribution in [0.4, 0.5) is 5.82 Å². The highest BCUT2D eigenvalue weighted by molar-refractivity contribution is 6.17. The molecule has 10 heteroatoms. The van der Waals surface area contributed by atoms with Gasteiger partial charge in [-0.15, -0.1) is 11.6 Å². The molecule has 0 unspecified atom stereocenters. The maximum Gasteiger partial charge on any atom is 0.320 e. The summed E-state index contributed by atoms with van der Waals surface area (Å²) in [6.07, 6.45) is 0. The smallest absolute Gasteiger partial charge is 0.320 e. The Bertz CT molecular complexity index is 1280. The molecule has 0 fully saturated rings. The van der Waals surface area contributed by atoms with Gasteiger partial charge in [-0.1, -0.05) is 36.4 Å². The Balaban J connectivity index is 1.50. The number of imidazole rings is 1. The summed E-state index contributed by atoms with van der Waals surface area (Å²) in [5, 5.41) is 13.9. The van der Waals surface area contributed by atoms with Gasteiger partial charge in [0.25, 0.3) is 6.01 Å². The Kier molecular flexibility index (Phi) is 7.34. The van der Waals surface area contributed by atoms with Gasteiger partial charge in [-0.3, -0.25) is 4.57 Å². The van der Waals surface area contributed by atoms with Crippen LogP contribution in [-0.2, 0) is 25.5 Å². The number of fused-ring (bicyclic) bond motifs is 1. The van der Waals surface area contributed by atoms with Crippen molar-refractivity contribution in [2.45, 2.75) is 32.4 Å². The van der Waals surface area contributed by atoms with Crippen LogP contribution in [0.2, 0.25) is 0 Å². The second-order valence-corrected chi connectivity index (χ2v) is 7.96. The van der Waals surface area contributed by atoms with E-state index in [-0.39, 0.29) is 24.4 Å². The highest BCUT2D eigenvalue weighted by Crippen LogP contribution is 2.28. The number of hydrogen-bond acceptors (Lipinski definition) is 8. The lowest BCUT2D eigenvalue weighted by Crippen LogP contribution is -2.13. The lowest BCUT2D eigenvalue weighted by atomic mass is 10.1. The van der Waals surface area contributed by atoms with Crippen molar-refractivity contribution in [2.75, 3.05) is 19.5 Å². The first-order valence-electron chi connectivity index (χ1n) is 10.9. The largest absolute Gasteiger partial charge is 0.496 e. The SMILES string of the molecule is CCOc1nc(N)c2nc(O)n(Cc3ccc(CNCc4ccc(CCl)cc4)cc3OC)c2n1. The third-order valence-electron chi connectivity index (χ3n) is 5.37. The molecular weight excluding hydrogens is 456 g/mol. The molecule has 0 saturated heterocycles. The topological polar surface area (TPSA) is 120 Å². The van der Waals surface area contributed by atoms with E-state index in [0.29, 0.717) is 35.9 Å². The van der Waals surface area contributed by atoms with Crippen LogP contribution in [0, 0.1) is 0 Å². The summed E-state index contributed by atoms with van der Waals surface area (Å²) in [5.41, 5.74) is 10.9. The number of nitrogens with zero attached hydrogens (tertiary/aromatic N) is 4. The van der Waals surface area contributed by atoms with Gasteiger partial charge >= 0.3 is 6.01 Å². The van der Waals surface area contributed by atoms with Crippen molar-refractivity contribution >= 4 is 28.6 Å². The Morgan fingerprint density at radius 3 is 2.44 bits per heavy atom. The first kappa shape index (κ1) is 23.6. The number of aromatic nitrogens is 4. The Morgan fingerprint density at radius 1 is 1.03 bits per heavy atom. The highest BCUT2D eigenvalue weighted by Gasteiger charge is 2.18. The number of nitrogens with two attached hydrogens (primary N) is 1. The molecule has 0 aliphatic heterocycles. The van der Waals surface area contributed by atoms with Gasteiger partial charge in [0, 0.05) is 24.5 Å². The minimum atomic E-state index is -0.211. The maximum atomic E-state index is 10.4. The minimum Gasteiger partial charge on any atom is -0.496 e. The van der Waals surface area contributed by atoms with Gasteiger partial charge in [0.2, 0.25) is 0 Å². The molecule has 2 heterocycles. The van der Waals surface area contributed by atoms with E-state index in [1.165, 1.54) is 5.56 Å². The third-order valence-corrected chi connectivity index (χ3v) is 5.68. The quantitative estimate of drug-likeness (QED) is 0.293. The molecule has 9 nitrogen and oxygen atoms in total. The van der Waals surface area contributed by atoms with Crippen molar-refractivity contribution in [1.29, 1.82) is 0 Å². The summed E-state index contributed by atoms with van der Waals surface area (Å²) in [5.74, 6) is 1.35. The van der Waals surface area contributed by atoms with Crippen LogP contribution >= 0.6 is 11.6 Å². The van der Waals surface area contributed by atoms with Crippen LogP contribution in [0.15, 0.2) is 42.5 Å². The van der Waals surface area contributed by atoms with Crippen LogP contribution in [0.25, 0.3) is 11.2 Å². The molecule has 0 atom stereocenters. The fourth-order valence-corrected chi connectivity index (χ4v) is 3.80. The van der Waals surface area contributed by atoms with Gasteiger partial charge < -0.3 is 25.6 Å². The van der Waals surface area contributed by atoms with Crippen molar-refractivity contribution in [2.24, 2.45) is 0 Å². The number of hydrogen-bond donors (Lipinski definition) is 3. The number of benzene rings is 2. The molecule has 0 bridgehead atoms. The lowest BCUT2D eigenvalue weighted by molar-refractivity contribution is 0.314. The standard InChI is InChI=1S/C24H27ClN6O3/c1-3-34-23-29-21(26)20-22(30-23)31(24(32)28-20)14-18-9-8-17(10-19(18)33-2)13-27-12-16-6-4-15(11-25)5-7-16/h4-10,27H,3,11-14H2,1-2H3,(H,28,32)(H2,26,29,30). The van der Waals surface area contributed by atoms with Crippen LogP contribution < -0.4 is 20.5 Å². The van der Waals surface area contributed by atoms with Crippen molar-refractivity contribution < 1.29 is 14.6 Å². The number of rotatable bonds is 10. The molecule has 0 spiro atoms. The summed E-state index contributed by atoms with van der Waals surface area (Å²) < 4.78 is 12.6. The molecule has 178 valence electrons. The van der Waals surface area contributed by atoms with Crippen LogP contribution in [0.3, 0.4) is 0 Å². The lowest BCUT2D eigenvalue weighted by Gasteiger charge is -2.13. The zero-order chi connectivity index (χ0) is 24.1. The molecule has 0 radical (unpaired) electrons. The van der Waals surface area contributed by atoms with E-state index in [0.717, 1.165) is 23.2 Å². The van der Waals surface area contributed by atoms with E-state index in [1.807, 2.05) is 37.3 Å². The average Bonchev–Trinajstić information content (AvgIpc) is 3.16. The summed E-state index contributed by atoms with van der Waals surface area (Å²) >= 11 is 5.85. The monoisotopic (exact) mass is 482 g/mol. The molecule has 2 aromatic carbocycles. The molecule has 4 N–H and O–H groups in total. The molecule has 0 saturated carbocycles. The fourth-order valence-electron chi connectivity index (χ4n) is 3.63. The van der Waals surface area contributed by atoms with Gasteiger partial charge in [-0.25, -0.2) is 0 Å². The molecule has 0 aliphatic carbocycles. The number of alkyl halides is 1. The normalized spacial score (nSPS) is 11.1. The van der Waals surface area contributed by atoms with Crippen molar-refractivity contribution in [3.63, 3.8) is 0 Å². The van der Waals surface area contributed by atoms with E-state index in [2.05, 4.69) is 32.4 Å². The van der Waals surface area contributed by atoms with E-state index in [9.17, 15) is 5.11 Å². The van der Waals surface area contributed by atoms with Crippen LogP contribution in [0.5, 0.6) is 17.8 Å². The number of nitrogens with one attached hydrogen (secondary N) is 1.